The van der Waals surface area contributed by atoms with Gasteiger partial charge in [0.1, 0.15) is 0 Å². The van der Waals surface area contributed by atoms with Gasteiger partial charge in [0.25, 0.3) is 0 Å². The minimum absolute atomic E-state index is 0.326. The van der Waals surface area contributed by atoms with E-state index in [2.05, 4.69) is 16.8 Å². The van der Waals surface area contributed by atoms with Crippen molar-refractivity contribution in [3.63, 3.8) is 0 Å². The second-order valence-electron chi connectivity index (χ2n) is 3.58. The van der Waals surface area contributed by atoms with Crippen LogP contribution in [0, 0.1) is 0 Å². The van der Waals surface area contributed by atoms with Crippen LogP contribution in [0.4, 0.5) is 0 Å². The molecule has 3 nitrogen and oxygen atoms in total. The minimum atomic E-state index is 0.326. The molecule has 1 fully saturated rings. The number of hydrogen-bond acceptors (Lipinski definition) is 3. The summed E-state index contributed by atoms with van der Waals surface area (Å²) in [6.07, 6.45) is 2.19. The van der Waals surface area contributed by atoms with Gasteiger partial charge in [0.2, 0.25) is 0 Å². The zero-order chi connectivity index (χ0) is 8.81. The van der Waals surface area contributed by atoms with Gasteiger partial charge in [0.15, 0.2) is 0 Å². The predicted molar refractivity (Wildman–Crippen MR) is 50.3 cm³/mol. The summed E-state index contributed by atoms with van der Waals surface area (Å²) in [7, 11) is 2.18. The largest absolute Gasteiger partial charge is 0.396 e. The van der Waals surface area contributed by atoms with Crippen molar-refractivity contribution in [1.82, 2.24) is 9.80 Å². The maximum Gasteiger partial charge on any atom is 0.0443 e. The summed E-state index contributed by atoms with van der Waals surface area (Å²) in [6, 6.07) is 0. The van der Waals surface area contributed by atoms with E-state index in [4.69, 9.17) is 5.11 Å². The highest BCUT2D eigenvalue weighted by Gasteiger charge is 2.10. The molecule has 0 aliphatic carbocycles. The number of rotatable bonds is 3. The van der Waals surface area contributed by atoms with Crippen molar-refractivity contribution in [1.29, 1.82) is 0 Å². The molecule has 1 aliphatic heterocycles. The van der Waals surface area contributed by atoms with E-state index in [1.165, 1.54) is 26.1 Å². The van der Waals surface area contributed by atoms with Crippen LogP contribution in [-0.4, -0.2) is 61.3 Å². The van der Waals surface area contributed by atoms with Crippen molar-refractivity contribution in [3.05, 3.63) is 0 Å². The highest BCUT2D eigenvalue weighted by Crippen LogP contribution is 2.01. The first kappa shape index (κ1) is 9.96. The SMILES string of the molecule is CN1CCCN(CCCO)CC1. The smallest absolute Gasteiger partial charge is 0.0443 e. The van der Waals surface area contributed by atoms with Gasteiger partial charge in [-0.25, -0.2) is 0 Å². The number of likely N-dealkylation sites (N-methyl/N-ethyl adjacent to an activating group) is 1. The van der Waals surface area contributed by atoms with Crippen molar-refractivity contribution >= 4 is 0 Å². The molecule has 0 unspecified atom stereocenters. The Morgan fingerprint density at radius 2 is 2.00 bits per heavy atom. The first-order chi connectivity index (χ1) is 5.83. The number of aliphatic hydroxyl groups excluding tert-OH is 1. The molecule has 1 N–H and O–H groups in total. The zero-order valence-electron chi connectivity index (χ0n) is 8.00. The van der Waals surface area contributed by atoms with Crippen LogP contribution in [-0.2, 0) is 0 Å². The van der Waals surface area contributed by atoms with Crippen molar-refractivity contribution in [2.45, 2.75) is 12.8 Å². The molecule has 1 heterocycles. The van der Waals surface area contributed by atoms with Crippen molar-refractivity contribution in [3.8, 4) is 0 Å². The molecule has 12 heavy (non-hydrogen) atoms. The molecule has 72 valence electrons. The molecule has 0 atom stereocenters. The molecule has 0 amide bonds. The Labute approximate surface area is 75.0 Å². The summed E-state index contributed by atoms with van der Waals surface area (Å²) in [4.78, 5) is 4.82. The third-order valence-corrected chi connectivity index (χ3v) is 2.44. The van der Waals surface area contributed by atoms with E-state index >= 15 is 0 Å². The fraction of sp³-hybridized carbons (Fsp3) is 1.00. The normalized spacial score (nSPS) is 22.5. The van der Waals surface area contributed by atoms with E-state index in [0.717, 1.165) is 19.5 Å². The molecular weight excluding hydrogens is 152 g/mol. The van der Waals surface area contributed by atoms with Gasteiger partial charge in [-0.1, -0.05) is 0 Å². The van der Waals surface area contributed by atoms with E-state index in [9.17, 15) is 0 Å². The summed E-state index contributed by atoms with van der Waals surface area (Å²) in [5.41, 5.74) is 0. The maximum atomic E-state index is 8.68. The van der Waals surface area contributed by atoms with E-state index in [-0.39, 0.29) is 0 Å². The van der Waals surface area contributed by atoms with Gasteiger partial charge in [-0.3, -0.25) is 0 Å². The Bertz CT molecular complexity index is 117. The van der Waals surface area contributed by atoms with E-state index in [0.29, 0.717) is 6.61 Å². The van der Waals surface area contributed by atoms with Crippen molar-refractivity contribution in [2.24, 2.45) is 0 Å². The highest BCUT2D eigenvalue weighted by atomic mass is 16.3. The molecule has 1 saturated heterocycles. The summed E-state index contributed by atoms with van der Waals surface area (Å²) >= 11 is 0. The van der Waals surface area contributed by atoms with Crippen LogP contribution in [0.15, 0.2) is 0 Å². The fourth-order valence-corrected chi connectivity index (χ4v) is 1.62. The molecular formula is C9H20N2O. The molecule has 0 aromatic heterocycles. The van der Waals surface area contributed by atoms with Crippen LogP contribution < -0.4 is 0 Å². The monoisotopic (exact) mass is 172 g/mol. The molecule has 0 bridgehead atoms. The second kappa shape index (κ2) is 5.51. The summed E-state index contributed by atoms with van der Waals surface area (Å²) < 4.78 is 0. The molecule has 0 aromatic carbocycles. The first-order valence-electron chi connectivity index (χ1n) is 4.84. The molecule has 1 rings (SSSR count). The van der Waals surface area contributed by atoms with Gasteiger partial charge >= 0.3 is 0 Å². The Morgan fingerprint density at radius 1 is 1.17 bits per heavy atom. The standard InChI is InChI=1S/C9H20N2O/c1-10-4-2-5-11(8-7-10)6-3-9-12/h12H,2-9H2,1H3. The average molecular weight is 172 g/mol. The average Bonchev–Trinajstić information content (AvgIpc) is 2.27. The number of aliphatic hydroxyl groups is 1. The van der Waals surface area contributed by atoms with E-state index in [1.54, 1.807) is 0 Å². The van der Waals surface area contributed by atoms with Crippen LogP contribution in [0.2, 0.25) is 0 Å². The molecule has 3 heteroatoms. The highest BCUT2D eigenvalue weighted by molar-refractivity contribution is 4.66. The maximum absolute atomic E-state index is 8.68. The Balaban J connectivity index is 2.17. The Hall–Kier alpha value is -0.120. The first-order valence-corrected chi connectivity index (χ1v) is 4.84. The van der Waals surface area contributed by atoms with Crippen LogP contribution in [0.3, 0.4) is 0 Å². The third kappa shape index (κ3) is 3.52. The molecule has 0 spiro atoms. The Kier molecular flexibility index (Phi) is 4.58. The predicted octanol–water partition coefficient (Wildman–Crippen LogP) is 0.00630. The van der Waals surface area contributed by atoms with Crippen LogP contribution >= 0.6 is 0 Å². The van der Waals surface area contributed by atoms with Crippen LogP contribution in [0.5, 0.6) is 0 Å². The minimum Gasteiger partial charge on any atom is -0.396 e. The summed E-state index contributed by atoms with van der Waals surface area (Å²) in [5, 5.41) is 8.68. The topological polar surface area (TPSA) is 26.7 Å². The van der Waals surface area contributed by atoms with Crippen LogP contribution in [0.1, 0.15) is 12.8 Å². The molecule has 0 aromatic rings. The van der Waals surface area contributed by atoms with E-state index < -0.39 is 0 Å². The fourth-order valence-electron chi connectivity index (χ4n) is 1.62. The lowest BCUT2D eigenvalue weighted by atomic mass is 10.3. The van der Waals surface area contributed by atoms with Gasteiger partial charge < -0.3 is 14.9 Å². The lowest BCUT2D eigenvalue weighted by Crippen LogP contribution is -2.30. The molecule has 0 radical (unpaired) electrons. The Morgan fingerprint density at radius 3 is 2.75 bits per heavy atom. The van der Waals surface area contributed by atoms with Gasteiger partial charge in [0.05, 0.1) is 0 Å². The second-order valence-corrected chi connectivity index (χ2v) is 3.58. The number of hydrogen-bond donors (Lipinski definition) is 1. The van der Waals surface area contributed by atoms with Gasteiger partial charge in [-0.05, 0) is 33.0 Å². The summed E-state index contributed by atoms with van der Waals surface area (Å²) in [5.74, 6) is 0. The lowest BCUT2D eigenvalue weighted by molar-refractivity contribution is 0.227. The number of nitrogens with zero attached hydrogens (tertiary/aromatic N) is 2. The molecule has 0 saturated carbocycles. The molecule has 1 aliphatic rings. The van der Waals surface area contributed by atoms with Crippen molar-refractivity contribution < 1.29 is 5.11 Å². The zero-order valence-corrected chi connectivity index (χ0v) is 8.00. The summed E-state index contributed by atoms with van der Waals surface area (Å²) in [6.45, 7) is 6.14. The van der Waals surface area contributed by atoms with E-state index in [1.807, 2.05) is 0 Å². The third-order valence-electron chi connectivity index (χ3n) is 2.44. The van der Waals surface area contributed by atoms with Gasteiger partial charge in [0, 0.05) is 26.2 Å². The van der Waals surface area contributed by atoms with Crippen LogP contribution in [0.25, 0.3) is 0 Å². The van der Waals surface area contributed by atoms with Gasteiger partial charge in [-0.2, -0.15) is 0 Å². The quantitative estimate of drug-likeness (QED) is 0.649. The lowest BCUT2D eigenvalue weighted by Gasteiger charge is -2.19. The van der Waals surface area contributed by atoms with Crippen molar-refractivity contribution in [2.75, 3.05) is 46.4 Å². The van der Waals surface area contributed by atoms with Gasteiger partial charge in [-0.15, -0.1) is 0 Å².